The van der Waals surface area contributed by atoms with Crippen molar-refractivity contribution in [3.63, 3.8) is 0 Å². The number of esters is 3. The summed E-state index contributed by atoms with van der Waals surface area (Å²) in [4.78, 5) is 58.8. The lowest BCUT2D eigenvalue weighted by Gasteiger charge is -2.21. The highest BCUT2D eigenvalue weighted by Gasteiger charge is 2.29. The van der Waals surface area contributed by atoms with Crippen molar-refractivity contribution in [2.75, 3.05) is 39.6 Å². The summed E-state index contributed by atoms with van der Waals surface area (Å²) in [6.07, 6.45) is 103. The molecule has 4 N–H and O–H groups in total. The summed E-state index contributed by atoms with van der Waals surface area (Å²) < 4.78 is 61.3. The fraction of sp³-hybridized carbons (Fsp3) is 0.703. The Hall–Kier alpha value is -4.57. The molecule has 0 aliphatic heterocycles. The number of allylic oxidation sites excluding steroid dienone is 24. The van der Waals surface area contributed by atoms with Crippen LogP contribution in [0, 0.1) is 0 Å². The van der Waals surface area contributed by atoms with Gasteiger partial charge in [0.2, 0.25) is 0 Å². The summed E-state index contributed by atoms with van der Waals surface area (Å²) in [5.41, 5.74) is 0. The van der Waals surface area contributed by atoms with Crippen molar-refractivity contribution < 1.29 is 75.8 Å². The topological polar surface area (TPSA) is 231 Å². The van der Waals surface area contributed by atoms with Gasteiger partial charge in [-0.2, -0.15) is 0 Å². The molecule has 0 aromatic heterocycles. The van der Waals surface area contributed by atoms with E-state index in [2.05, 4.69) is 167 Å². The fourth-order valence-electron chi connectivity index (χ4n) is 11.6. The first-order valence-corrected chi connectivity index (χ1v) is 46.1. The van der Waals surface area contributed by atoms with Crippen molar-refractivity contribution in [3.05, 3.63) is 146 Å². The van der Waals surface area contributed by atoms with E-state index in [0.29, 0.717) is 19.3 Å². The molecule has 109 heavy (non-hydrogen) atoms. The third-order valence-electron chi connectivity index (χ3n) is 18.1. The van der Waals surface area contributed by atoms with Crippen molar-refractivity contribution in [1.82, 2.24) is 0 Å². The maximum absolute atomic E-state index is 13.0. The summed E-state index contributed by atoms with van der Waals surface area (Å²) in [6.45, 7) is 2.48. The van der Waals surface area contributed by atoms with Gasteiger partial charge in [0.15, 0.2) is 6.10 Å². The minimum atomic E-state index is -4.93. The third-order valence-corrected chi connectivity index (χ3v) is 20.0. The number of hydrogen-bond donors (Lipinski definition) is 4. The maximum Gasteiger partial charge on any atom is 0.472 e. The van der Waals surface area contributed by atoms with Crippen LogP contribution in [0.25, 0.3) is 0 Å². The molecule has 0 saturated carbocycles. The number of carbonyl (C=O) groups is 3. The van der Waals surface area contributed by atoms with E-state index in [4.69, 9.17) is 32.3 Å². The first-order chi connectivity index (χ1) is 53.2. The SMILES string of the molecule is CC/C=C\C/C=C\C/C=C\C/C=C\C/C=C\C/C=C\CCCCCCCCCCCCCCCCC(=O)OCC(O)COP(=O)(O)OCC(O)COP(=O)(O)OCC(COC(=O)CCCCCCCCCC/C=C\C/C=C\C/C=C\C/C=C\C/C=C\C/C=C\CC)OC(=O)CCCCCCCCCCCCCCC. The van der Waals surface area contributed by atoms with Crippen molar-refractivity contribution in [2.45, 2.75) is 373 Å². The normalized spacial score (nSPS) is 14.6. The predicted octanol–water partition coefficient (Wildman–Crippen LogP) is 26.0. The lowest BCUT2D eigenvalue weighted by Crippen LogP contribution is -2.30. The van der Waals surface area contributed by atoms with Gasteiger partial charge in [-0.15, -0.1) is 0 Å². The fourth-order valence-corrected chi connectivity index (χ4v) is 13.2. The van der Waals surface area contributed by atoms with Crippen molar-refractivity contribution in [2.24, 2.45) is 0 Å². The Morgan fingerprint density at radius 3 is 0.771 bits per heavy atom. The van der Waals surface area contributed by atoms with Gasteiger partial charge in [-0.3, -0.25) is 32.5 Å². The van der Waals surface area contributed by atoms with Crippen LogP contribution in [0.4, 0.5) is 0 Å². The van der Waals surface area contributed by atoms with E-state index in [0.717, 1.165) is 161 Å². The van der Waals surface area contributed by atoms with Gasteiger partial charge in [-0.05, 0) is 122 Å². The van der Waals surface area contributed by atoms with Crippen LogP contribution in [0.15, 0.2) is 146 Å². The molecule has 0 aliphatic carbocycles. The Kier molecular flexibility index (Phi) is 79.4. The Bertz CT molecular complexity index is 2560. The number of phosphoric acid groups is 2. The van der Waals surface area contributed by atoms with Crippen LogP contribution in [-0.4, -0.2) is 95.9 Å². The zero-order valence-electron chi connectivity index (χ0n) is 68.7. The molecule has 5 unspecified atom stereocenters. The van der Waals surface area contributed by atoms with Crippen molar-refractivity contribution in [3.8, 4) is 0 Å². The van der Waals surface area contributed by atoms with Crippen LogP contribution in [-0.2, 0) is 55.8 Å². The molecule has 0 aromatic carbocycles. The molecule has 18 heteroatoms. The quantitative estimate of drug-likeness (QED) is 0.0146. The molecule has 0 bridgehead atoms. The van der Waals surface area contributed by atoms with Crippen LogP contribution >= 0.6 is 15.6 Å². The zero-order valence-corrected chi connectivity index (χ0v) is 70.5. The first kappa shape index (κ1) is 104. The van der Waals surface area contributed by atoms with Gasteiger partial charge in [-0.25, -0.2) is 9.13 Å². The van der Waals surface area contributed by atoms with Crippen LogP contribution in [0.5, 0.6) is 0 Å². The molecule has 5 atom stereocenters. The van der Waals surface area contributed by atoms with Gasteiger partial charge >= 0.3 is 33.6 Å². The molecule has 0 aromatic rings. The monoisotopic (exact) mass is 1570 g/mol. The summed E-state index contributed by atoms with van der Waals surface area (Å²) in [6, 6.07) is 0. The average Bonchev–Trinajstić information content (AvgIpc) is 0.915. The van der Waals surface area contributed by atoms with Crippen LogP contribution in [0.3, 0.4) is 0 Å². The second-order valence-corrected chi connectivity index (χ2v) is 31.5. The molecule has 0 saturated heterocycles. The minimum absolute atomic E-state index is 0.104. The summed E-state index contributed by atoms with van der Waals surface area (Å²) in [7, 11) is -9.79. The van der Waals surface area contributed by atoms with Gasteiger partial charge in [0, 0.05) is 19.3 Å². The Morgan fingerprint density at radius 2 is 0.486 bits per heavy atom. The number of carbonyl (C=O) groups excluding carboxylic acids is 3. The molecule has 0 rings (SSSR count). The molecule has 0 aliphatic rings. The smallest absolute Gasteiger partial charge is 0.463 e. The Morgan fingerprint density at radius 1 is 0.266 bits per heavy atom. The molecule has 0 fully saturated rings. The van der Waals surface area contributed by atoms with Gasteiger partial charge in [0.25, 0.3) is 0 Å². The number of rotatable bonds is 81. The highest BCUT2D eigenvalue weighted by Crippen LogP contribution is 2.45. The van der Waals surface area contributed by atoms with E-state index < -0.39 is 91.5 Å². The molecule has 0 heterocycles. The lowest BCUT2D eigenvalue weighted by atomic mass is 10.0. The maximum atomic E-state index is 13.0. The Balaban J connectivity index is 4.45. The van der Waals surface area contributed by atoms with Gasteiger partial charge in [0.05, 0.1) is 26.4 Å². The molecular formula is C91H156O16P2. The number of aliphatic hydroxyl groups is 2. The molecule has 0 amide bonds. The highest BCUT2D eigenvalue weighted by molar-refractivity contribution is 7.47. The second-order valence-electron chi connectivity index (χ2n) is 28.6. The molecule has 626 valence electrons. The van der Waals surface area contributed by atoms with E-state index >= 15 is 0 Å². The first-order valence-electron chi connectivity index (χ1n) is 43.1. The number of unbranched alkanes of at least 4 members (excludes halogenated alkanes) is 34. The van der Waals surface area contributed by atoms with Crippen molar-refractivity contribution in [1.29, 1.82) is 0 Å². The minimum Gasteiger partial charge on any atom is -0.463 e. The number of phosphoric ester groups is 2. The summed E-state index contributed by atoms with van der Waals surface area (Å²) in [5.74, 6) is -1.57. The van der Waals surface area contributed by atoms with E-state index in [1.165, 1.54) is 135 Å². The van der Waals surface area contributed by atoms with Crippen LogP contribution < -0.4 is 0 Å². The van der Waals surface area contributed by atoms with Crippen LogP contribution in [0.2, 0.25) is 0 Å². The van der Waals surface area contributed by atoms with Gasteiger partial charge < -0.3 is 34.2 Å². The lowest BCUT2D eigenvalue weighted by molar-refractivity contribution is -0.161. The molecule has 16 nitrogen and oxygen atoms in total. The summed E-state index contributed by atoms with van der Waals surface area (Å²) >= 11 is 0. The second kappa shape index (κ2) is 82.9. The molecule has 0 spiro atoms. The average molecular weight is 1570 g/mol. The zero-order chi connectivity index (χ0) is 79.4. The van der Waals surface area contributed by atoms with E-state index in [-0.39, 0.29) is 19.3 Å². The number of hydrogen-bond acceptors (Lipinski definition) is 14. The van der Waals surface area contributed by atoms with E-state index in [9.17, 15) is 43.5 Å². The predicted molar refractivity (Wildman–Crippen MR) is 454 cm³/mol. The standard InChI is InChI=1S/C91H156O16P2/c1-4-7-10-13-16-19-22-25-27-29-31-33-35-37-39-40-41-42-43-44-46-48-49-51-53-55-57-60-62-65-68-71-74-77-89(94)101-80-86(92)81-103-108(97,98)104-82-87(93)83-105-109(99,100)106-85-88(107-91(96)79-76-73-70-67-64-59-24-21-18-15-12-9-6-3)84-102-90(95)78-75-72-69-66-63-61-58-56-54-52-50-47-45-38-36-34-32-30-28-26-23-20-17-14-11-8-5-2/h7-8,10-11,16-17,19-20,25-28,31-34,37-39,41-42,45,50,52,86-88,92-93H,4-6,9,12-15,18,21-24,29-30,35-36,40,43-44,46-49,51,53-85H2,1-3H3,(H,97,98)(H,99,100)/b10-7-,11-8-,19-16-,20-17-,27-25-,28-26-,33-31-,34-32-,39-37-,42-41-,45-38-,52-50-. The largest absolute Gasteiger partial charge is 0.472 e. The highest BCUT2D eigenvalue weighted by atomic mass is 31.2. The van der Waals surface area contributed by atoms with Crippen LogP contribution in [0.1, 0.15) is 355 Å². The molecular weight excluding hydrogens is 1410 g/mol. The van der Waals surface area contributed by atoms with Gasteiger partial charge in [0.1, 0.15) is 25.4 Å². The van der Waals surface area contributed by atoms with E-state index in [1.807, 2.05) is 0 Å². The van der Waals surface area contributed by atoms with Gasteiger partial charge in [-0.1, -0.05) is 359 Å². The number of aliphatic hydroxyl groups excluding tert-OH is 2. The van der Waals surface area contributed by atoms with E-state index in [1.54, 1.807) is 0 Å². The Labute approximate surface area is 664 Å². The number of ether oxygens (including phenoxy) is 3. The van der Waals surface area contributed by atoms with Crippen molar-refractivity contribution >= 4 is 33.6 Å². The third kappa shape index (κ3) is 84.2. The molecule has 0 radical (unpaired) electrons. The summed E-state index contributed by atoms with van der Waals surface area (Å²) in [5, 5.41) is 20.7.